The Labute approximate surface area is 188 Å². The maximum absolute atomic E-state index is 12.6. The van der Waals surface area contributed by atoms with Crippen molar-refractivity contribution in [3.8, 4) is 5.75 Å². The molecule has 1 N–H and O–H groups in total. The maximum Gasteiger partial charge on any atom is 0.243 e. The van der Waals surface area contributed by atoms with Crippen LogP contribution in [0.3, 0.4) is 0 Å². The van der Waals surface area contributed by atoms with E-state index in [1.807, 2.05) is 37.3 Å². The smallest absolute Gasteiger partial charge is 0.243 e. The number of nitrogens with zero attached hydrogens (tertiary/aromatic N) is 1. The van der Waals surface area contributed by atoms with Crippen molar-refractivity contribution in [2.24, 2.45) is 0 Å². The number of hydrogen-bond acceptors (Lipinski definition) is 6. The number of sulfonamides is 1. The third-order valence-corrected chi connectivity index (χ3v) is 7.94. The molecule has 1 atom stereocenters. The normalized spacial score (nSPS) is 15.9. The van der Waals surface area contributed by atoms with Gasteiger partial charge in [0.2, 0.25) is 15.9 Å². The SMILES string of the molecule is CC(SCc1ccccc1)C(=O)NCCOc1ccc(S(=O)(=O)N2CCOCC2)cc1. The second kappa shape index (κ2) is 11.5. The van der Waals surface area contributed by atoms with Crippen LogP contribution in [0, 0.1) is 0 Å². The van der Waals surface area contributed by atoms with E-state index in [-0.39, 0.29) is 16.1 Å². The Morgan fingerprint density at radius 2 is 1.81 bits per heavy atom. The molecule has 0 radical (unpaired) electrons. The zero-order valence-electron chi connectivity index (χ0n) is 17.5. The highest BCUT2D eigenvalue weighted by molar-refractivity contribution is 7.99. The lowest BCUT2D eigenvalue weighted by atomic mass is 10.2. The molecule has 1 aliphatic heterocycles. The first-order chi connectivity index (χ1) is 15.0. The van der Waals surface area contributed by atoms with Crippen LogP contribution >= 0.6 is 11.8 Å². The van der Waals surface area contributed by atoms with E-state index in [9.17, 15) is 13.2 Å². The summed E-state index contributed by atoms with van der Waals surface area (Å²) in [6.45, 7) is 4.12. The minimum absolute atomic E-state index is 0.0310. The number of thioether (sulfide) groups is 1. The van der Waals surface area contributed by atoms with Crippen molar-refractivity contribution in [2.45, 2.75) is 22.8 Å². The third-order valence-electron chi connectivity index (χ3n) is 4.81. The van der Waals surface area contributed by atoms with Gasteiger partial charge in [-0.3, -0.25) is 4.79 Å². The number of hydrogen-bond donors (Lipinski definition) is 1. The largest absolute Gasteiger partial charge is 0.492 e. The molecular weight excluding hydrogens is 436 g/mol. The number of carbonyl (C=O) groups is 1. The highest BCUT2D eigenvalue weighted by Gasteiger charge is 2.26. The van der Waals surface area contributed by atoms with Crippen LogP contribution in [0.1, 0.15) is 12.5 Å². The molecule has 168 valence electrons. The van der Waals surface area contributed by atoms with E-state index in [1.54, 1.807) is 36.0 Å². The number of carbonyl (C=O) groups excluding carboxylic acids is 1. The van der Waals surface area contributed by atoms with E-state index in [4.69, 9.17) is 9.47 Å². The van der Waals surface area contributed by atoms with Gasteiger partial charge in [0.15, 0.2) is 0 Å². The minimum Gasteiger partial charge on any atom is -0.492 e. The quantitative estimate of drug-likeness (QED) is 0.544. The van der Waals surface area contributed by atoms with Gasteiger partial charge in [-0.1, -0.05) is 30.3 Å². The fourth-order valence-electron chi connectivity index (χ4n) is 3.00. The molecule has 2 aromatic carbocycles. The number of morpholine rings is 1. The monoisotopic (exact) mass is 464 g/mol. The summed E-state index contributed by atoms with van der Waals surface area (Å²) >= 11 is 1.59. The molecule has 7 nitrogen and oxygen atoms in total. The second-order valence-electron chi connectivity index (χ2n) is 7.07. The van der Waals surface area contributed by atoms with E-state index in [2.05, 4.69) is 5.32 Å². The van der Waals surface area contributed by atoms with Gasteiger partial charge >= 0.3 is 0 Å². The summed E-state index contributed by atoms with van der Waals surface area (Å²) in [5.74, 6) is 1.31. The first-order valence-corrected chi connectivity index (χ1v) is 12.7. The summed E-state index contributed by atoms with van der Waals surface area (Å²) in [5.41, 5.74) is 1.19. The fraction of sp³-hybridized carbons (Fsp3) is 0.409. The molecule has 1 fully saturated rings. The van der Waals surface area contributed by atoms with Crippen LogP contribution in [0.15, 0.2) is 59.5 Å². The van der Waals surface area contributed by atoms with Gasteiger partial charge in [0.05, 0.1) is 29.9 Å². The Morgan fingerprint density at radius 1 is 1.13 bits per heavy atom. The summed E-state index contributed by atoms with van der Waals surface area (Å²) in [4.78, 5) is 12.4. The summed E-state index contributed by atoms with van der Waals surface area (Å²) in [7, 11) is -3.51. The van der Waals surface area contributed by atoms with Gasteiger partial charge in [-0.15, -0.1) is 11.8 Å². The van der Waals surface area contributed by atoms with E-state index in [0.717, 1.165) is 5.75 Å². The lowest BCUT2D eigenvalue weighted by molar-refractivity contribution is -0.120. The molecule has 0 saturated carbocycles. The number of benzene rings is 2. The zero-order valence-corrected chi connectivity index (χ0v) is 19.2. The van der Waals surface area contributed by atoms with Crippen molar-refractivity contribution >= 4 is 27.7 Å². The highest BCUT2D eigenvalue weighted by Crippen LogP contribution is 2.20. The summed E-state index contributed by atoms with van der Waals surface area (Å²) in [5, 5.41) is 2.71. The first kappa shape index (κ1) is 23.6. The third kappa shape index (κ3) is 6.96. The summed E-state index contributed by atoms with van der Waals surface area (Å²) in [6.07, 6.45) is 0. The average Bonchev–Trinajstić information content (AvgIpc) is 2.81. The maximum atomic E-state index is 12.6. The van der Waals surface area contributed by atoms with E-state index >= 15 is 0 Å². The molecule has 1 unspecified atom stereocenters. The van der Waals surface area contributed by atoms with Gasteiger partial charge in [-0.25, -0.2) is 8.42 Å². The Morgan fingerprint density at radius 3 is 2.48 bits per heavy atom. The molecule has 1 aliphatic rings. The van der Waals surface area contributed by atoms with Crippen LogP contribution in [0.5, 0.6) is 5.75 Å². The van der Waals surface area contributed by atoms with Crippen LogP contribution in [0.25, 0.3) is 0 Å². The summed E-state index contributed by atoms with van der Waals surface area (Å²) < 4.78 is 37.5. The van der Waals surface area contributed by atoms with Crippen molar-refractivity contribution in [3.05, 3.63) is 60.2 Å². The van der Waals surface area contributed by atoms with Gasteiger partial charge < -0.3 is 14.8 Å². The van der Waals surface area contributed by atoms with Crippen molar-refractivity contribution < 1.29 is 22.7 Å². The predicted octanol–water partition coefficient (Wildman–Crippen LogP) is 2.52. The molecule has 9 heteroatoms. The van der Waals surface area contributed by atoms with Crippen LogP contribution in [0.4, 0.5) is 0 Å². The number of amides is 1. The van der Waals surface area contributed by atoms with E-state index in [0.29, 0.717) is 45.2 Å². The molecule has 0 spiro atoms. The lowest BCUT2D eigenvalue weighted by Crippen LogP contribution is -2.40. The average molecular weight is 465 g/mol. The highest BCUT2D eigenvalue weighted by atomic mass is 32.2. The van der Waals surface area contributed by atoms with Gasteiger partial charge in [-0.05, 0) is 36.8 Å². The van der Waals surface area contributed by atoms with Crippen LogP contribution in [0.2, 0.25) is 0 Å². The standard InChI is InChI=1S/C22H28N2O5S2/c1-18(30-17-19-5-3-2-4-6-19)22(25)23-11-14-29-20-7-9-21(10-8-20)31(26,27)24-12-15-28-16-13-24/h2-10,18H,11-17H2,1H3,(H,23,25). The van der Waals surface area contributed by atoms with Crippen molar-refractivity contribution in [2.75, 3.05) is 39.5 Å². The molecule has 0 aromatic heterocycles. The Hall–Kier alpha value is -2.07. The predicted molar refractivity (Wildman–Crippen MR) is 122 cm³/mol. The van der Waals surface area contributed by atoms with Gasteiger partial charge in [-0.2, -0.15) is 4.31 Å². The zero-order chi connectivity index (χ0) is 22.1. The van der Waals surface area contributed by atoms with Crippen LogP contribution in [-0.2, 0) is 25.3 Å². The van der Waals surface area contributed by atoms with Gasteiger partial charge in [0, 0.05) is 18.8 Å². The number of rotatable bonds is 10. The first-order valence-electron chi connectivity index (χ1n) is 10.2. The van der Waals surface area contributed by atoms with E-state index in [1.165, 1.54) is 9.87 Å². The molecular formula is C22H28N2O5S2. The molecule has 1 amide bonds. The fourth-order valence-corrected chi connectivity index (χ4v) is 5.28. The van der Waals surface area contributed by atoms with Gasteiger partial charge in [0.1, 0.15) is 12.4 Å². The number of nitrogens with one attached hydrogen (secondary N) is 1. The molecule has 31 heavy (non-hydrogen) atoms. The summed E-state index contributed by atoms with van der Waals surface area (Å²) in [6, 6.07) is 16.4. The Bertz CT molecular complexity index is 930. The van der Waals surface area contributed by atoms with Gasteiger partial charge in [0.25, 0.3) is 0 Å². The molecule has 0 bridgehead atoms. The van der Waals surface area contributed by atoms with E-state index < -0.39 is 10.0 Å². The Balaban J connectivity index is 1.39. The molecule has 1 heterocycles. The van der Waals surface area contributed by atoms with Crippen LogP contribution < -0.4 is 10.1 Å². The molecule has 1 saturated heterocycles. The molecule has 2 aromatic rings. The Kier molecular flexibility index (Phi) is 8.77. The molecule has 0 aliphatic carbocycles. The molecule has 3 rings (SSSR count). The second-order valence-corrected chi connectivity index (χ2v) is 10.3. The lowest BCUT2D eigenvalue weighted by Gasteiger charge is -2.26. The number of ether oxygens (including phenoxy) is 2. The van der Waals surface area contributed by atoms with Crippen LogP contribution in [-0.4, -0.2) is 63.3 Å². The van der Waals surface area contributed by atoms with Crippen molar-refractivity contribution in [1.82, 2.24) is 9.62 Å². The topological polar surface area (TPSA) is 84.9 Å². The minimum atomic E-state index is -3.51. The van der Waals surface area contributed by atoms with Crippen molar-refractivity contribution in [1.29, 1.82) is 0 Å². The van der Waals surface area contributed by atoms with Crippen molar-refractivity contribution in [3.63, 3.8) is 0 Å².